The Morgan fingerprint density at radius 1 is 1.36 bits per heavy atom. The van der Waals surface area contributed by atoms with Crippen LogP contribution in [-0.2, 0) is 0 Å². The number of amides is 2. The van der Waals surface area contributed by atoms with Gasteiger partial charge >= 0.3 is 6.03 Å². The first-order valence-corrected chi connectivity index (χ1v) is 4.34. The molecule has 0 unspecified atom stereocenters. The summed E-state index contributed by atoms with van der Waals surface area (Å²) in [7, 11) is 0. The van der Waals surface area contributed by atoms with Gasteiger partial charge in [-0.25, -0.2) is 4.79 Å². The number of urea groups is 1. The molecule has 0 aliphatic carbocycles. The second-order valence-electron chi connectivity index (χ2n) is 3.14. The maximum Gasteiger partial charge on any atom is 0.315 e. The minimum atomic E-state index is -0.139. The molecule has 14 heavy (non-hydrogen) atoms. The van der Waals surface area contributed by atoms with Gasteiger partial charge in [0.25, 0.3) is 0 Å². The predicted molar refractivity (Wildman–Crippen MR) is 50.4 cm³/mol. The van der Waals surface area contributed by atoms with Crippen molar-refractivity contribution >= 4 is 6.03 Å². The van der Waals surface area contributed by atoms with Crippen molar-refractivity contribution in [1.29, 1.82) is 5.26 Å². The number of hydrogen-bond acceptors (Lipinski definition) is 2. The Kier molecular flexibility index (Phi) is 2.07. The van der Waals surface area contributed by atoms with E-state index in [2.05, 4.69) is 16.7 Å². The smallest absolute Gasteiger partial charge is 0.315 e. The Bertz CT molecular complexity index is 391. The molecule has 1 saturated heterocycles. The molecule has 0 aromatic heterocycles. The average molecular weight is 187 g/mol. The number of nitrogens with one attached hydrogen (secondary N) is 2. The first-order valence-electron chi connectivity index (χ1n) is 4.34. The van der Waals surface area contributed by atoms with E-state index in [0.29, 0.717) is 12.1 Å². The van der Waals surface area contributed by atoms with E-state index in [1.54, 1.807) is 12.1 Å². The number of benzene rings is 1. The van der Waals surface area contributed by atoms with Crippen molar-refractivity contribution in [3.05, 3.63) is 35.4 Å². The third kappa shape index (κ3) is 1.52. The Morgan fingerprint density at radius 2 is 2.07 bits per heavy atom. The highest BCUT2D eigenvalue weighted by Crippen LogP contribution is 2.15. The summed E-state index contributed by atoms with van der Waals surface area (Å²) in [5, 5.41) is 14.1. The first-order chi connectivity index (χ1) is 6.79. The third-order valence-corrected chi connectivity index (χ3v) is 2.21. The number of carbonyl (C=O) groups excluding carboxylic acids is 1. The molecule has 1 aromatic rings. The Labute approximate surface area is 81.5 Å². The van der Waals surface area contributed by atoms with E-state index in [1.807, 2.05) is 12.1 Å². The number of rotatable bonds is 1. The molecule has 0 saturated carbocycles. The lowest BCUT2D eigenvalue weighted by Gasteiger charge is -2.07. The fraction of sp³-hybridized carbons (Fsp3) is 0.200. The molecule has 1 heterocycles. The van der Waals surface area contributed by atoms with E-state index in [9.17, 15) is 4.79 Å². The molecule has 4 heteroatoms. The van der Waals surface area contributed by atoms with Crippen LogP contribution < -0.4 is 10.6 Å². The van der Waals surface area contributed by atoms with Crippen molar-refractivity contribution in [3.8, 4) is 6.07 Å². The van der Waals surface area contributed by atoms with Gasteiger partial charge in [-0.05, 0) is 17.7 Å². The summed E-state index contributed by atoms with van der Waals surface area (Å²) in [4.78, 5) is 10.9. The molecular weight excluding hydrogens is 178 g/mol. The molecule has 1 atom stereocenters. The quantitative estimate of drug-likeness (QED) is 0.686. The number of hydrogen-bond donors (Lipinski definition) is 2. The van der Waals surface area contributed by atoms with E-state index in [-0.39, 0.29) is 12.1 Å². The van der Waals surface area contributed by atoms with E-state index < -0.39 is 0 Å². The van der Waals surface area contributed by atoms with Gasteiger partial charge in [-0.2, -0.15) is 5.26 Å². The van der Waals surface area contributed by atoms with Crippen LogP contribution in [-0.4, -0.2) is 12.6 Å². The zero-order valence-corrected chi connectivity index (χ0v) is 7.45. The molecule has 1 aliphatic rings. The Hall–Kier alpha value is -2.02. The Morgan fingerprint density at radius 3 is 2.57 bits per heavy atom. The van der Waals surface area contributed by atoms with Gasteiger partial charge in [-0.15, -0.1) is 0 Å². The summed E-state index contributed by atoms with van der Waals surface area (Å²) in [6.45, 7) is 0.602. The van der Waals surface area contributed by atoms with Gasteiger partial charge in [-0.1, -0.05) is 12.1 Å². The van der Waals surface area contributed by atoms with Gasteiger partial charge in [-0.3, -0.25) is 0 Å². The van der Waals surface area contributed by atoms with Crippen molar-refractivity contribution < 1.29 is 4.79 Å². The lowest BCUT2D eigenvalue weighted by molar-refractivity contribution is 0.247. The van der Waals surface area contributed by atoms with Crippen LogP contribution in [0, 0.1) is 11.3 Å². The molecule has 0 radical (unpaired) electrons. The predicted octanol–water partition coefficient (Wildman–Crippen LogP) is 0.912. The molecule has 0 spiro atoms. The largest absolute Gasteiger partial charge is 0.336 e. The molecule has 1 aliphatic heterocycles. The SMILES string of the molecule is N#Cc1ccc([C@H]2CNC(=O)N2)cc1. The lowest BCUT2D eigenvalue weighted by Crippen LogP contribution is -2.21. The van der Waals surface area contributed by atoms with Crippen LogP contribution in [0.2, 0.25) is 0 Å². The van der Waals surface area contributed by atoms with Crippen molar-refractivity contribution in [2.45, 2.75) is 6.04 Å². The fourth-order valence-electron chi connectivity index (χ4n) is 1.45. The minimum Gasteiger partial charge on any atom is -0.336 e. The molecular formula is C10H9N3O. The molecule has 70 valence electrons. The summed E-state index contributed by atoms with van der Waals surface area (Å²) in [5.41, 5.74) is 1.65. The Balaban J connectivity index is 2.18. The third-order valence-electron chi connectivity index (χ3n) is 2.21. The van der Waals surface area contributed by atoms with Crippen molar-refractivity contribution in [2.24, 2.45) is 0 Å². The van der Waals surface area contributed by atoms with Gasteiger partial charge in [0, 0.05) is 6.54 Å². The average Bonchev–Trinajstić information content (AvgIpc) is 2.65. The normalized spacial score (nSPS) is 19.6. The summed E-state index contributed by atoms with van der Waals surface area (Å²) in [6, 6.07) is 9.15. The molecule has 2 N–H and O–H groups in total. The lowest BCUT2D eigenvalue weighted by atomic mass is 10.1. The number of nitriles is 1. The number of carbonyl (C=O) groups is 1. The summed E-state index contributed by atoms with van der Waals surface area (Å²) < 4.78 is 0. The van der Waals surface area contributed by atoms with E-state index in [1.165, 1.54) is 0 Å². The molecule has 1 fully saturated rings. The second-order valence-corrected chi connectivity index (χ2v) is 3.14. The first kappa shape index (κ1) is 8.57. The highest BCUT2D eigenvalue weighted by Gasteiger charge is 2.20. The summed E-state index contributed by atoms with van der Waals surface area (Å²) in [5.74, 6) is 0. The number of nitrogens with zero attached hydrogens (tertiary/aromatic N) is 1. The maximum atomic E-state index is 10.9. The van der Waals surface area contributed by atoms with Crippen LogP contribution in [0.4, 0.5) is 4.79 Å². The molecule has 1 aromatic carbocycles. The highest BCUT2D eigenvalue weighted by molar-refractivity contribution is 5.76. The minimum absolute atomic E-state index is 0.0234. The zero-order valence-electron chi connectivity index (χ0n) is 7.45. The van der Waals surface area contributed by atoms with Gasteiger partial charge in [0.05, 0.1) is 17.7 Å². The zero-order chi connectivity index (χ0) is 9.97. The van der Waals surface area contributed by atoms with Gasteiger partial charge < -0.3 is 10.6 Å². The maximum absolute atomic E-state index is 10.9. The summed E-state index contributed by atoms with van der Waals surface area (Å²) >= 11 is 0. The van der Waals surface area contributed by atoms with Gasteiger partial charge in [0.15, 0.2) is 0 Å². The van der Waals surface area contributed by atoms with Crippen LogP contribution in [0.15, 0.2) is 24.3 Å². The second kappa shape index (κ2) is 3.38. The van der Waals surface area contributed by atoms with Crippen LogP contribution in [0.5, 0.6) is 0 Å². The highest BCUT2D eigenvalue weighted by atomic mass is 16.2. The van der Waals surface area contributed by atoms with E-state index in [4.69, 9.17) is 5.26 Å². The van der Waals surface area contributed by atoms with Crippen molar-refractivity contribution in [3.63, 3.8) is 0 Å². The molecule has 0 bridgehead atoms. The van der Waals surface area contributed by atoms with Gasteiger partial charge in [0.2, 0.25) is 0 Å². The molecule has 2 amide bonds. The van der Waals surface area contributed by atoms with Crippen LogP contribution in [0.1, 0.15) is 17.2 Å². The van der Waals surface area contributed by atoms with Gasteiger partial charge in [0.1, 0.15) is 0 Å². The van der Waals surface area contributed by atoms with Crippen LogP contribution in [0.3, 0.4) is 0 Å². The standard InChI is InChI=1S/C10H9N3O/c11-5-7-1-3-8(4-2-7)9-6-12-10(14)13-9/h1-4,9H,6H2,(H2,12,13,14)/t9-/m1/s1. The fourth-order valence-corrected chi connectivity index (χ4v) is 1.45. The topological polar surface area (TPSA) is 64.9 Å². The monoisotopic (exact) mass is 187 g/mol. The summed E-state index contributed by atoms with van der Waals surface area (Å²) in [6.07, 6.45) is 0. The van der Waals surface area contributed by atoms with E-state index >= 15 is 0 Å². The van der Waals surface area contributed by atoms with Crippen LogP contribution in [0.25, 0.3) is 0 Å². The molecule has 4 nitrogen and oxygen atoms in total. The van der Waals surface area contributed by atoms with Crippen molar-refractivity contribution in [2.75, 3.05) is 6.54 Å². The van der Waals surface area contributed by atoms with E-state index in [0.717, 1.165) is 5.56 Å². The van der Waals surface area contributed by atoms with Crippen LogP contribution >= 0.6 is 0 Å². The molecule has 2 rings (SSSR count). The van der Waals surface area contributed by atoms with Crippen molar-refractivity contribution in [1.82, 2.24) is 10.6 Å².